The summed E-state index contributed by atoms with van der Waals surface area (Å²) in [7, 11) is 1.96. The topological polar surface area (TPSA) is 29.9 Å². The molecule has 0 bridgehead atoms. The first kappa shape index (κ1) is 16.3. The number of nitrogens with zero attached hydrogens (tertiary/aromatic N) is 2. The summed E-state index contributed by atoms with van der Waals surface area (Å²) in [6.45, 7) is 3.09. The van der Waals surface area contributed by atoms with Crippen LogP contribution < -0.4 is 5.32 Å². The Morgan fingerprint density at radius 2 is 1.95 bits per heavy atom. The summed E-state index contributed by atoms with van der Waals surface area (Å²) in [5.74, 6) is 0. The lowest BCUT2D eigenvalue weighted by Crippen LogP contribution is -2.23. The molecule has 0 aliphatic rings. The Bertz CT molecular complexity index is 560. The van der Waals surface area contributed by atoms with E-state index in [0.717, 1.165) is 41.4 Å². The minimum Gasteiger partial charge on any atom is -0.310 e. The SMILES string of the molecule is CCCNC(CCc1ccnn1C)c1c(Cl)cccc1Cl. The van der Waals surface area contributed by atoms with Crippen molar-refractivity contribution >= 4 is 23.2 Å². The highest BCUT2D eigenvalue weighted by Gasteiger charge is 2.18. The zero-order valence-electron chi connectivity index (χ0n) is 12.4. The summed E-state index contributed by atoms with van der Waals surface area (Å²) < 4.78 is 1.91. The van der Waals surface area contributed by atoms with Crippen molar-refractivity contribution in [2.24, 2.45) is 7.05 Å². The molecule has 0 saturated heterocycles. The fourth-order valence-electron chi connectivity index (χ4n) is 2.45. The second-order valence-electron chi connectivity index (χ2n) is 5.13. The van der Waals surface area contributed by atoms with Crippen molar-refractivity contribution in [3.05, 3.63) is 51.8 Å². The van der Waals surface area contributed by atoms with E-state index in [2.05, 4.69) is 17.3 Å². The number of hydrogen-bond donors (Lipinski definition) is 1. The molecule has 0 saturated carbocycles. The molecule has 3 nitrogen and oxygen atoms in total. The van der Waals surface area contributed by atoms with Crippen LogP contribution in [0.3, 0.4) is 0 Å². The van der Waals surface area contributed by atoms with Gasteiger partial charge in [-0.1, -0.05) is 36.2 Å². The molecule has 2 rings (SSSR count). The Balaban J connectivity index is 2.16. The number of aryl methyl sites for hydroxylation is 2. The highest BCUT2D eigenvalue weighted by Crippen LogP contribution is 2.32. The Kier molecular flexibility index (Phi) is 6.09. The van der Waals surface area contributed by atoms with Gasteiger partial charge in [-0.2, -0.15) is 5.10 Å². The maximum atomic E-state index is 6.35. The number of aromatic nitrogens is 2. The summed E-state index contributed by atoms with van der Waals surface area (Å²) in [4.78, 5) is 0. The van der Waals surface area contributed by atoms with Gasteiger partial charge in [-0.3, -0.25) is 4.68 Å². The summed E-state index contributed by atoms with van der Waals surface area (Å²) in [5, 5.41) is 9.21. The molecule has 0 radical (unpaired) electrons. The molecule has 1 atom stereocenters. The molecule has 1 heterocycles. The van der Waals surface area contributed by atoms with Gasteiger partial charge in [0.25, 0.3) is 0 Å². The molecule has 5 heteroatoms. The van der Waals surface area contributed by atoms with Crippen LogP contribution in [0, 0.1) is 0 Å². The van der Waals surface area contributed by atoms with Crippen molar-refractivity contribution in [2.75, 3.05) is 6.54 Å². The molecule has 0 amide bonds. The fraction of sp³-hybridized carbons (Fsp3) is 0.438. The minimum absolute atomic E-state index is 0.154. The summed E-state index contributed by atoms with van der Waals surface area (Å²) in [5.41, 5.74) is 2.21. The molecule has 0 spiro atoms. The first-order valence-electron chi connectivity index (χ1n) is 7.27. The molecule has 2 aromatic rings. The van der Waals surface area contributed by atoms with Crippen molar-refractivity contribution in [2.45, 2.75) is 32.2 Å². The predicted octanol–water partition coefficient (Wildman–Crippen LogP) is 4.40. The van der Waals surface area contributed by atoms with Crippen LogP contribution in [0.1, 0.15) is 37.1 Å². The van der Waals surface area contributed by atoms with Gasteiger partial charge in [-0.05, 0) is 44.0 Å². The van der Waals surface area contributed by atoms with Gasteiger partial charge in [0.15, 0.2) is 0 Å². The molecule has 1 unspecified atom stereocenters. The molecule has 0 aliphatic carbocycles. The van der Waals surface area contributed by atoms with E-state index in [1.54, 1.807) is 0 Å². The van der Waals surface area contributed by atoms with E-state index in [9.17, 15) is 0 Å². The third kappa shape index (κ3) is 4.22. The van der Waals surface area contributed by atoms with Crippen LogP contribution in [-0.4, -0.2) is 16.3 Å². The lowest BCUT2D eigenvalue weighted by molar-refractivity contribution is 0.492. The number of rotatable bonds is 7. The minimum atomic E-state index is 0.154. The van der Waals surface area contributed by atoms with Crippen molar-refractivity contribution in [3.63, 3.8) is 0 Å². The maximum absolute atomic E-state index is 6.35. The number of nitrogens with one attached hydrogen (secondary N) is 1. The van der Waals surface area contributed by atoms with Crippen LogP contribution in [0.4, 0.5) is 0 Å². The fourth-order valence-corrected chi connectivity index (χ4v) is 3.11. The van der Waals surface area contributed by atoms with Crippen LogP contribution in [0.2, 0.25) is 10.0 Å². The normalized spacial score (nSPS) is 12.6. The maximum Gasteiger partial charge on any atom is 0.0492 e. The molecule has 114 valence electrons. The zero-order valence-corrected chi connectivity index (χ0v) is 14.0. The van der Waals surface area contributed by atoms with Gasteiger partial charge >= 0.3 is 0 Å². The summed E-state index contributed by atoms with van der Waals surface area (Å²) in [6.07, 6.45) is 4.76. The zero-order chi connectivity index (χ0) is 15.2. The van der Waals surface area contributed by atoms with Crippen LogP contribution >= 0.6 is 23.2 Å². The Morgan fingerprint density at radius 1 is 1.24 bits per heavy atom. The molecule has 1 aromatic carbocycles. The van der Waals surface area contributed by atoms with E-state index in [1.807, 2.05) is 42.2 Å². The van der Waals surface area contributed by atoms with Crippen LogP contribution in [-0.2, 0) is 13.5 Å². The molecule has 1 aromatic heterocycles. The van der Waals surface area contributed by atoms with E-state index in [0.29, 0.717) is 0 Å². The highest BCUT2D eigenvalue weighted by atomic mass is 35.5. The van der Waals surface area contributed by atoms with Crippen LogP contribution in [0.5, 0.6) is 0 Å². The smallest absolute Gasteiger partial charge is 0.0492 e. The molecule has 0 aliphatic heterocycles. The largest absolute Gasteiger partial charge is 0.310 e. The van der Waals surface area contributed by atoms with Gasteiger partial charge in [0, 0.05) is 40.6 Å². The van der Waals surface area contributed by atoms with E-state index in [4.69, 9.17) is 23.2 Å². The van der Waals surface area contributed by atoms with Crippen LogP contribution in [0.25, 0.3) is 0 Å². The standard InChI is InChI=1S/C16H21Cl2N3/c1-3-10-19-15(8-7-12-9-11-20-21(12)2)16-13(17)5-4-6-14(16)18/h4-6,9,11,15,19H,3,7-8,10H2,1-2H3. The first-order valence-corrected chi connectivity index (χ1v) is 8.03. The van der Waals surface area contributed by atoms with E-state index < -0.39 is 0 Å². The summed E-state index contributed by atoms with van der Waals surface area (Å²) >= 11 is 12.7. The van der Waals surface area contributed by atoms with Gasteiger partial charge in [0.2, 0.25) is 0 Å². The number of hydrogen-bond acceptors (Lipinski definition) is 2. The van der Waals surface area contributed by atoms with Gasteiger partial charge in [-0.25, -0.2) is 0 Å². The second kappa shape index (κ2) is 7.83. The number of benzene rings is 1. The van der Waals surface area contributed by atoms with Gasteiger partial charge in [0.05, 0.1) is 0 Å². The number of halogens is 2. The van der Waals surface area contributed by atoms with Crippen LogP contribution in [0.15, 0.2) is 30.5 Å². The molecular weight excluding hydrogens is 305 g/mol. The third-order valence-corrected chi connectivity index (χ3v) is 4.26. The summed E-state index contributed by atoms with van der Waals surface area (Å²) in [6, 6.07) is 7.87. The van der Waals surface area contributed by atoms with Gasteiger partial charge in [-0.15, -0.1) is 0 Å². The van der Waals surface area contributed by atoms with Crippen molar-refractivity contribution < 1.29 is 0 Å². The van der Waals surface area contributed by atoms with Crippen molar-refractivity contribution in [1.82, 2.24) is 15.1 Å². The second-order valence-corrected chi connectivity index (χ2v) is 5.94. The lowest BCUT2D eigenvalue weighted by Gasteiger charge is -2.21. The average molecular weight is 326 g/mol. The van der Waals surface area contributed by atoms with Crippen molar-refractivity contribution in [3.8, 4) is 0 Å². The first-order chi connectivity index (χ1) is 10.1. The Hall–Kier alpha value is -1.03. The Morgan fingerprint density at radius 3 is 2.52 bits per heavy atom. The lowest BCUT2D eigenvalue weighted by atomic mass is 10.0. The quantitative estimate of drug-likeness (QED) is 0.817. The molecular formula is C16H21Cl2N3. The molecule has 21 heavy (non-hydrogen) atoms. The monoisotopic (exact) mass is 325 g/mol. The Labute approximate surface area is 136 Å². The van der Waals surface area contributed by atoms with Crippen molar-refractivity contribution in [1.29, 1.82) is 0 Å². The van der Waals surface area contributed by atoms with E-state index in [1.165, 1.54) is 5.69 Å². The predicted molar refractivity (Wildman–Crippen MR) is 89.0 cm³/mol. The van der Waals surface area contributed by atoms with E-state index >= 15 is 0 Å². The highest BCUT2D eigenvalue weighted by molar-refractivity contribution is 6.36. The van der Waals surface area contributed by atoms with Gasteiger partial charge < -0.3 is 5.32 Å². The van der Waals surface area contributed by atoms with Gasteiger partial charge in [0.1, 0.15) is 0 Å². The average Bonchev–Trinajstić information content (AvgIpc) is 2.86. The molecule has 0 fully saturated rings. The van der Waals surface area contributed by atoms with E-state index in [-0.39, 0.29) is 6.04 Å². The third-order valence-electron chi connectivity index (χ3n) is 3.60. The molecule has 1 N–H and O–H groups in total.